The van der Waals surface area contributed by atoms with E-state index in [4.69, 9.17) is 0 Å². The van der Waals surface area contributed by atoms with E-state index >= 15 is 0 Å². The molecular weight excluding hydrogens is 227 g/mol. The molecule has 1 aromatic heterocycles. The van der Waals surface area contributed by atoms with Crippen LogP contribution in [0.4, 0.5) is 4.39 Å². The van der Waals surface area contributed by atoms with E-state index in [0.29, 0.717) is 10.6 Å². The molecule has 84 valence electrons. The normalized spacial score (nSPS) is 12.8. The smallest absolute Gasteiger partial charge is 0.129 e. The summed E-state index contributed by atoms with van der Waals surface area (Å²) in [6.07, 6.45) is -0.986. The molecule has 0 radical (unpaired) electrons. The van der Waals surface area contributed by atoms with E-state index in [2.05, 4.69) is 9.59 Å². The topological polar surface area (TPSA) is 46.0 Å². The largest absolute Gasteiger partial charge is 0.383 e. The van der Waals surface area contributed by atoms with Gasteiger partial charge in [-0.3, -0.25) is 0 Å². The zero-order chi connectivity index (χ0) is 11.7. The molecule has 2 aromatic rings. The lowest BCUT2D eigenvalue weighted by Gasteiger charge is -2.10. The number of nitrogens with zero attached hydrogens (tertiary/aromatic N) is 2. The number of benzene rings is 1. The third kappa shape index (κ3) is 1.96. The van der Waals surface area contributed by atoms with Gasteiger partial charge in [-0.1, -0.05) is 22.2 Å². The van der Waals surface area contributed by atoms with Gasteiger partial charge in [-0.25, -0.2) is 4.39 Å². The van der Waals surface area contributed by atoms with Crippen molar-refractivity contribution in [3.05, 3.63) is 45.7 Å². The first kappa shape index (κ1) is 11.2. The Hall–Kier alpha value is -1.33. The first-order valence-corrected chi connectivity index (χ1v) is 5.60. The Kier molecular flexibility index (Phi) is 2.98. The van der Waals surface area contributed by atoms with E-state index in [1.807, 2.05) is 6.92 Å². The number of halogens is 1. The van der Waals surface area contributed by atoms with Gasteiger partial charge in [0, 0.05) is 5.56 Å². The molecule has 5 heteroatoms. The maximum atomic E-state index is 13.5. The second-order valence-corrected chi connectivity index (χ2v) is 4.44. The Labute approximate surface area is 96.7 Å². The van der Waals surface area contributed by atoms with Gasteiger partial charge in [0.25, 0.3) is 0 Å². The van der Waals surface area contributed by atoms with E-state index in [1.54, 1.807) is 19.1 Å². The van der Waals surface area contributed by atoms with Crippen LogP contribution in [0.3, 0.4) is 0 Å². The lowest BCUT2D eigenvalue weighted by molar-refractivity contribution is 0.217. The summed E-state index contributed by atoms with van der Waals surface area (Å²) in [6, 6.07) is 4.67. The van der Waals surface area contributed by atoms with Crippen LogP contribution in [0.5, 0.6) is 0 Å². The number of rotatable bonds is 2. The predicted molar refractivity (Wildman–Crippen MR) is 59.8 cm³/mol. The highest BCUT2D eigenvalue weighted by atomic mass is 32.1. The molecule has 1 aromatic carbocycles. The van der Waals surface area contributed by atoms with E-state index in [1.165, 1.54) is 6.07 Å². The van der Waals surface area contributed by atoms with Gasteiger partial charge in [0.05, 0.1) is 10.6 Å². The van der Waals surface area contributed by atoms with Crippen molar-refractivity contribution in [1.29, 1.82) is 0 Å². The summed E-state index contributed by atoms with van der Waals surface area (Å²) in [5.41, 5.74) is 1.82. The van der Waals surface area contributed by atoms with Crippen LogP contribution in [0.15, 0.2) is 18.2 Å². The van der Waals surface area contributed by atoms with Crippen molar-refractivity contribution < 1.29 is 9.50 Å². The molecule has 16 heavy (non-hydrogen) atoms. The van der Waals surface area contributed by atoms with Crippen LogP contribution < -0.4 is 0 Å². The highest BCUT2D eigenvalue weighted by Gasteiger charge is 2.19. The minimum absolute atomic E-state index is 0.272. The average Bonchev–Trinajstić information content (AvgIpc) is 2.67. The SMILES string of the molecule is Cc1ccc(F)c(C(O)c2snnc2C)c1. The predicted octanol–water partition coefficient (Wildman–Crippen LogP) is 2.38. The maximum absolute atomic E-state index is 13.5. The van der Waals surface area contributed by atoms with Gasteiger partial charge in [-0.15, -0.1) is 5.10 Å². The number of aromatic nitrogens is 2. The summed E-state index contributed by atoms with van der Waals surface area (Å²) in [6.45, 7) is 3.60. The molecular formula is C11H11FN2OS. The molecule has 1 unspecified atom stereocenters. The number of aliphatic hydroxyl groups is 1. The van der Waals surface area contributed by atoms with Crippen molar-refractivity contribution >= 4 is 11.5 Å². The summed E-state index contributed by atoms with van der Waals surface area (Å²) in [4.78, 5) is 0.588. The molecule has 0 saturated carbocycles. The van der Waals surface area contributed by atoms with Crippen molar-refractivity contribution in [2.45, 2.75) is 20.0 Å². The fourth-order valence-electron chi connectivity index (χ4n) is 1.50. The van der Waals surface area contributed by atoms with Crippen LogP contribution >= 0.6 is 11.5 Å². The minimum Gasteiger partial charge on any atom is -0.383 e. The number of aryl methyl sites for hydroxylation is 2. The number of aliphatic hydroxyl groups excluding tert-OH is 1. The molecule has 0 aliphatic heterocycles. The van der Waals surface area contributed by atoms with Gasteiger partial charge in [-0.2, -0.15) is 0 Å². The lowest BCUT2D eigenvalue weighted by Crippen LogP contribution is -2.02. The zero-order valence-electron chi connectivity index (χ0n) is 8.94. The Bertz CT molecular complexity index is 512. The van der Waals surface area contributed by atoms with Crippen molar-refractivity contribution in [2.24, 2.45) is 0 Å². The Morgan fingerprint density at radius 1 is 1.38 bits per heavy atom. The fourth-order valence-corrected chi connectivity index (χ4v) is 2.15. The Balaban J connectivity index is 2.45. The molecule has 0 aliphatic rings. The molecule has 2 rings (SSSR count). The molecule has 0 amide bonds. The fraction of sp³-hybridized carbons (Fsp3) is 0.273. The van der Waals surface area contributed by atoms with Crippen LogP contribution in [0, 0.1) is 19.7 Å². The van der Waals surface area contributed by atoms with Crippen LogP contribution in [0.25, 0.3) is 0 Å². The summed E-state index contributed by atoms with van der Waals surface area (Å²) < 4.78 is 17.3. The van der Waals surface area contributed by atoms with Gasteiger partial charge in [0.2, 0.25) is 0 Å². The summed E-state index contributed by atoms with van der Waals surface area (Å²) >= 11 is 1.09. The van der Waals surface area contributed by atoms with Crippen LogP contribution in [-0.2, 0) is 0 Å². The van der Waals surface area contributed by atoms with Crippen LogP contribution in [0.1, 0.15) is 27.8 Å². The van der Waals surface area contributed by atoms with Crippen molar-refractivity contribution in [3.63, 3.8) is 0 Å². The quantitative estimate of drug-likeness (QED) is 0.873. The molecule has 0 saturated heterocycles. The highest BCUT2D eigenvalue weighted by molar-refractivity contribution is 7.05. The average molecular weight is 238 g/mol. The van der Waals surface area contributed by atoms with E-state index in [9.17, 15) is 9.50 Å². The minimum atomic E-state index is -0.986. The van der Waals surface area contributed by atoms with E-state index < -0.39 is 11.9 Å². The van der Waals surface area contributed by atoms with Gasteiger partial charge < -0.3 is 5.11 Å². The highest BCUT2D eigenvalue weighted by Crippen LogP contribution is 2.28. The maximum Gasteiger partial charge on any atom is 0.129 e. The monoisotopic (exact) mass is 238 g/mol. The van der Waals surface area contributed by atoms with E-state index in [0.717, 1.165) is 17.1 Å². The standard InChI is InChI=1S/C11H11FN2OS/c1-6-3-4-9(12)8(5-6)10(15)11-7(2)13-14-16-11/h3-5,10,15H,1-2H3. The third-order valence-corrected chi connectivity index (χ3v) is 3.26. The first-order chi connectivity index (χ1) is 7.59. The summed E-state index contributed by atoms with van der Waals surface area (Å²) in [7, 11) is 0. The number of hydrogen-bond acceptors (Lipinski definition) is 4. The molecule has 3 nitrogen and oxygen atoms in total. The van der Waals surface area contributed by atoms with Gasteiger partial charge >= 0.3 is 0 Å². The van der Waals surface area contributed by atoms with E-state index in [-0.39, 0.29) is 5.56 Å². The van der Waals surface area contributed by atoms with Crippen LogP contribution in [-0.4, -0.2) is 14.7 Å². The molecule has 0 spiro atoms. The molecule has 0 fully saturated rings. The Morgan fingerprint density at radius 2 is 2.12 bits per heavy atom. The van der Waals surface area contributed by atoms with Crippen LogP contribution in [0.2, 0.25) is 0 Å². The molecule has 0 aliphatic carbocycles. The zero-order valence-corrected chi connectivity index (χ0v) is 9.75. The third-order valence-electron chi connectivity index (χ3n) is 2.38. The lowest BCUT2D eigenvalue weighted by atomic mass is 10.0. The molecule has 1 N–H and O–H groups in total. The van der Waals surface area contributed by atoms with Gasteiger partial charge in [0.1, 0.15) is 11.9 Å². The van der Waals surface area contributed by atoms with Gasteiger partial charge in [-0.05, 0) is 31.4 Å². The van der Waals surface area contributed by atoms with Crippen molar-refractivity contribution in [3.8, 4) is 0 Å². The number of hydrogen-bond donors (Lipinski definition) is 1. The van der Waals surface area contributed by atoms with Crippen molar-refractivity contribution in [1.82, 2.24) is 9.59 Å². The second-order valence-electron chi connectivity index (χ2n) is 3.65. The second kappa shape index (κ2) is 4.27. The van der Waals surface area contributed by atoms with Gasteiger partial charge in [0.15, 0.2) is 0 Å². The molecule has 1 atom stereocenters. The molecule has 0 bridgehead atoms. The Morgan fingerprint density at radius 3 is 2.75 bits per heavy atom. The summed E-state index contributed by atoms with van der Waals surface area (Å²) in [5.74, 6) is -0.411. The summed E-state index contributed by atoms with van der Waals surface area (Å²) in [5, 5.41) is 13.9. The first-order valence-electron chi connectivity index (χ1n) is 4.82. The molecule has 1 heterocycles. The van der Waals surface area contributed by atoms with Crippen molar-refractivity contribution in [2.75, 3.05) is 0 Å².